The minimum atomic E-state index is -0.265. The van der Waals surface area contributed by atoms with E-state index in [1.165, 1.54) is 19.3 Å². The Morgan fingerprint density at radius 2 is 1.40 bits per heavy atom. The predicted octanol–water partition coefficient (Wildman–Crippen LogP) is 3.38. The van der Waals surface area contributed by atoms with Crippen LogP contribution in [0.25, 0.3) is 0 Å². The molecular weight excluding hydrogens is 256 g/mol. The Morgan fingerprint density at radius 3 is 2.10 bits per heavy atom. The van der Waals surface area contributed by atoms with E-state index in [4.69, 9.17) is 9.47 Å². The lowest BCUT2D eigenvalue weighted by Gasteiger charge is -2.21. The lowest BCUT2D eigenvalue weighted by Crippen LogP contribution is -2.19. The molecule has 0 saturated heterocycles. The first-order chi connectivity index (χ1) is 9.74. The molecule has 0 aromatic rings. The molecule has 20 heavy (non-hydrogen) atoms. The largest absolute Gasteiger partial charge is 0.465 e. The van der Waals surface area contributed by atoms with Gasteiger partial charge in [-0.25, -0.2) is 0 Å². The number of carbonyl (C=O) groups excluding carboxylic acids is 2. The van der Waals surface area contributed by atoms with Crippen LogP contribution in [-0.4, -0.2) is 24.6 Å². The van der Waals surface area contributed by atoms with Gasteiger partial charge in [0.2, 0.25) is 0 Å². The van der Waals surface area contributed by atoms with Gasteiger partial charge in [-0.2, -0.15) is 0 Å². The van der Waals surface area contributed by atoms with Crippen LogP contribution in [0.4, 0.5) is 0 Å². The molecular formula is C16H26O4. The van der Waals surface area contributed by atoms with E-state index in [0.717, 1.165) is 38.5 Å². The summed E-state index contributed by atoms with van der Waals surface area (Å²) in [6.07, 6.45) is 10.7. The topological polar surface area (TPSA) is 52.6 Å². The summed E-state index contributed by atoms with van der Waals surface area (Å²) in [7, 11) is 0. The van der Waals surface area contributed by atoms with Crippen molar-refractivity contribution in [3.05, 3.63) is 0 Å². The summed E-state index contributed by atoms with van der Waals surface area (Å²) < 4.78 is 10.6. The van der Waals surface area contributed by atoms with Crippen LogP contribution in [0.5, 0.6) is 0 Å². The lowest BCUT2D eigenvalue weighted by molar-refractivity contribution is -0.154. The zero-order valence-electron chi connectivity index (χ0n) is 12.3. The molecule has 2 aliphatic rings. The van der Waals surface area contributed by atoms with Crippen LogP contribution < -0.4 is 0 Å². The molecule has 0 aromatic carbocycles. The number of hydrogen-bond acceptors (Lipinski definition) is 4. The normalized spacial score (nSPS) is 20.8. The summed E-state index contributed by atoms with van der Waals surface area (Å²) >= 11 is 0. The van der Waals surface area contributed by atoms with Crippen LogP contribution in [-0.2, 0) is 19.1 Å². The van der Waals surface area contributed by atoms with E-state index in [0.29, 0.717) is 12.5 Å². The van der Waals surface area contributed by atoms with Crippen LogP contribution >= 0.6 is 0 Å². The van der Waals surface area contributed by atoms with Gasteiger partial charge < -0.3 is 9.47 Å². The molecule has 2 rings (SSSR count). The number of esters is 2. The Labute approximate surface area is 121 Å². The van der Waals surface area contributed by atoms with E-state index in [1.807, 2.05) is 0 Å². The first kappa shape index (κ1) is 15.3. The first-order valence-corrected chi connectivity index (χ1v) is 8.09. The zero-order chi connectivity index (χ0) is 14.2. The molecule has 0 unspecified atom stereocenters. The molecule has 2 aliphatic carbocycles. The van der Waals surface area contributed by atoms with E-state index >= 15 is 0 Å². The molecule has 0 bridgehead atoms. The highest BCUT2D eigenvalue weighted by Crippen LogP contribution is 2.24. The maximum Gasteiger partial charge on any atom is 0.306 e. The van der Waals surface area contributed by atoms with Crippen molar-refractivity contribution >= 4 is 11.9 Å². The van der Waals surface area contributed by atoms with Crippen molar-refractivity contribution in [2.45, 2.75) is 76.7 Å². The monoisotopic (exact) mass is 282 g/mol. The summed E-state index contributed by atoms with van der Waals surface area (Å²) in [5.74, 6) is 0.00334. The third-order valence-corrected chi connectivity index (χ3v) is 4.34. The Kier molecular flexibility index (Phi) is 6.34. The van der Waals surface area contributed by atoms with Crippen LogP contribution in [0.3, 0.4) is 0 Å². The first-order valence-electron chi connectivity index (χ1n) is 8.09. The fourth-order valence-electron chi connectivity index (χ4n) is 3.09. The van der Waals surface area contributed by atoms with E-state index in [2.05, 4.69) is 0 Å². The summed E-state index contributed by atoms with van der Waals surface area (Å²) in [5.41, 5.74) is 0. The van der Waals surface area contributed by atoms with Crippen LogP contribution in [0.15, 0.2) is 0 Å². The van der Waals surface area contributed by atoms with Gasteiger partial charge in [0.25, 0.3) is 0 Å². The molecule has 0 heterocycles. The fourth-order valence-corrected chi connectivity index (χ4v) is 3.09. The second kappa shape index (κ2) is 8.28. The van der Waals surface area contributed by atoms with Gasteiger partial charge in [0.05, 0.1) is 19.4 Å². The molecule has 4 nitrogen and oxygen atoms in total. The average molecular weight is 282 g/mol. The summed E-state index contributed by atoms with van der Waals surface area (Å²) in [4.78, 5) is 23.2. The van der Waals surface area contributed by atoms with Crippen molar-refractivity contribution in [1.82, 2.24) is 0 Å². The second-order valence-corrected chi connectivity index (χ2v) is 6.08. The van der Waals surface area contributed by atoms with Gasteiger partial charge in [-0.05, 0) is 44.4 Å². The maximum absolute atomic E-state index is 11.6. The standard InChI is InChI=1S/C16H26O4/c17-15(19-12-13-6-2-1-3-7-13)10-11-16(18)20-14-8-4-5-9-14/h13-14H,1-12H2. The molecule has 0 N–H and O–H groups in total. The van der Waals surface area contributed by atoms with Crippen LogP contribution in [0.1, 0.15) is 70.6 Å². The molecule has 4 heteroatoms. The van der Waals surface area contributed by atoms with Gasteiger partial charge >= 0.3 is 11.9 Å². The van der Waals surface area contributed by atoms with Gasteiger partial charge in [0.15, 0.2) is 0 Å². The van der Waals surface area contributed by atoms with Gasteiger partial charge in [-0.1, -0.05) is 19.3 Å². The smallest absolute Gasteiger partial charge is 0.306 e. The molecule has 0 aliphatic heterocycles. The van der Waals surface area contributed by atoms with Crippen molar-refractivity contribution in [1.29, 1.82) is 0 Å². The van der Waals surface area contributed by atoms with Crippen LogP contribution in [0, 0.1) is 5.92 Å². The Morgan fingerprint density at radius 1 is 0.800 bits per heavy atom. The van der Waals surface area contributed by atoms with Crippen molar-refractivity contribution in [2.75, 3.05) is 6.61 Å². The zero-order valence-corrected chi connectivity index (χ0v) is 12.3. The predicted molar refractivity (Wildman–Crippen MR) is 75.1 cm³/mol. The molecule has 0 atom stereocenters. The van der Waals surface area contributed by atoms with E-state index in [-0.39, 0.29) is 30.9 Å². The van der Waals surface area contributed by atoms with Gasteiger partial charge in [-0.15, -0.1) is 0 Å². The number of carbonyl (C=O) groups is 2. The fraction of sp³-hybridized carbons (Fsp3) is 0.875. The minimum Gasteiger partial charge on any atom is -0.465 e. The van der Waals surface area contributed by atoms with Crippen molar-refractivity contribution in [3.8, 4) is 0 Å². The van der Waals surface area contributed by atoms with Gasteiger partial charge in [0, 0.05) is 0 Å². The molecule has 0 amide bonds. The van der Waals surface area contributed by atoms with Gasteiger partial charge in [-0.3, -0.25) is 9.59 Å². The lowest BCUT2D eigenvalue weighted by atomic mass is 9.90. The van der Waals surface area contributed by atoms with Crippen molar-refractivity contribution in [3.63, 3.8) is 0 Å². The van der Waals surface area contributed by atoms with E-state index in [1.54, 1.807) is 0 Å². The highest BCUT2D eigenvalue weighted by molar-refractivity contribution is 5.77. The third-order valence-electron chi connectivity index (χ3n) is 4.34. The van der Waals surface area contributed by atoms with Crippen molar-refractivity contribution in [2.24, 2.45) is 5.92 Å². The number of rotatable bonds is 6. The molecule has 0 radical (unpaired) electrons. The molecule has 0 spiro atoms. The quantitative estimate of drug-likeness (QED) is 0.701. The molecule has 0 aromatic heterocycles. The number of ether oxygens (including phenoxy) is 2. The molecule has 2 saturated carbocycles. The van der Waals surface area contributed by atoms with Crippen molar-refractivity contribution < 1.29 is 19.1 Å². The molecule has 2 fully saturated rings. The maximum atomic E-state index is 11.6. The van der Waals surface area contributed by atoms with Gasteiger partial charge in [0.1, 0.15) is 6.10 Å². The van der Waals surface area contributed by atoms with E-state index in [9.17, 15) is 9.59 Å². The van der Waals surface area contributed by atoms with Crippen LogP contribution in [0.2, 0.25) is 0 Å². The highest BCUT2D eigenvalue weighted by Gasteiger charge is 2.20. The van der Waals surface area contributed by atoms with E-state index < -0.39 is 0 Å². The third kappa shape index (κ3) is 5.51. The Bertz CT molecular complexity index is 314. The summed E-state index contributed by atoms with van der Waals surface area (Å²) in [6, 6.07) is 0. The summed E-state index contributed by atoms with van der Waals surface area (Å²) in [6.45, 7) is 0.524. The highest BCUT2D eigenvalue weighted by atomic mass is 16.5. The number of hydrogen-bond donors (Lipinski definition) is 0. The molecule has 114 valence electrons. The Balaban J connectivity index is 1.53. The summed E-state index contributed by atoms with van der Waals surface area (Å²) in [5, 5.41) is 0. The minimum absolute atomic E-state index is 0.0840. The SMILES string of the molecule is O=C(CCC(=O)OC1CCCC1)OCC1CCCCC1. The average Bonchev–Trinajstić information content (AvgIpc) is 2.97. The second-order valence-electron chi connectivity index (χ2n) is 6.08. The Hall–Kier alpha value is -1.06.